The number of carboxylic acids is 1. The lowest BCUT2D eigenvalue weighted by Crippen LogP contribution is -2.07. The Morgan fingerprint density at radius 2 is 2.05 bits per heavy atom. The maximum Gasteiger partial charge on any atom is 0.339 e. The maximum atomic E-state index is 11.7. The van der Waals surface area contributed by atoms with E-state index in [0.717, 1.165) is 12.1 Å². The summed E-state index contributed by atoms with van der Waals surface area (Å²) in [5, 5.41) is 28.9. The van der Waals surface area contributed by atoms with Crippen molar-refractivity contribution in [2.45, 2.75) is 6.92 Å². The third kappa shape index (κ3) is 1.88. The number of aromatic hydroxyl groups is 1. The van der Waals surface area contributed by atoms with Crippen molar-refractivity contribution in [3.63, 3.8) is 0 Å². The Balaban J connectivity index is 3.09. The molecule has 0 atom stereocenters. The second-order valence-electron chi connectivity index (χ2n) is 3.78. The Morgan fingerprint density at radius 1 is 1.42 bits per heavy atom. The number of benzene rings is 1. The molecular weight excluding hydrogens is 258 g/mol. The third-order valence-electron chi connectivity index (χ3n) is 2.50. The first-order valence-corrected chi connectivity index (χ1v) is 5.01. The van der Waals surface area contributed by atoms with Gasteiger partial charge in [-0.15, -0.1) is 0 Å². The van der Waals surface area contributed by atoms with Crippen molar-refractivity contribution in [3.8, 4) is 5.75 Å². The van der Waals surface area contributed by atoms with E-state index in [9.17, 15) is 24.8 Å². The van der Waals surface area contributed by atoms with Crippen molar-refractivity contribution < 1.29 is 24.3 Å². The highest BCUT2D eigenvalue weighted by Crippen LogP contribution is 2.36. The molecule has 0 radical (unpaired) electrons. The molecule has 2 rings (SSSR count). The van der Waals surface area contributed by atoms with Crippen LogP contribution in [0.2, 0.25) is 0 Å². The number of carboxylic acid groups (broad SMARTS) is 1. The van der Waals surface area contributed by atoms with Crippen molar-refractivity contribution >= 4 is 22.6 Å². The molecule has 0 fully saturated rings. The van der Waals surface area contributed by atoms with Gasteiger partial charge in [0.05, 0.1) is 4.92 Å². The lowest BCUT2D eigenvalue weighted by molar-refractivity contribution is -0.384. The average molecular weight is 265 g/mol. The van der Waals surface area contributed by atoms with Crippen LogP contribution in [0.1, 0.15) is 16.1 Å². The predicted molar refractivity (Wildman–Crippen MR) is 62.5 cm³/mol. The molecule has 0 aliphatic heterocycles. The fraction of sp³-hybridized carbons (Fsp3) is 0.0909. The van der Waals surface area contributed by atoms with Crippen LogP contribution in [0.15, 0.2) is 21.3 Å². The molecule has 98 valence electrons. The molecule has 0 bridgehead atoms. The topological polar surface area (TPSA) is 131 Å². The van der Waals surface area contributed by atoms with Crippen LogP contribution in [-0.2, 0) is 0 Å². The van der Waals surface area contributed by atoms with Crippen LogP contribution in [0, 0.1) is 17.0 Å². The molecule has 0 saturated carbocycles. The van der Waals surface area contributed by atoms with Gasteiger partial charge in [0, 0.05) is 12.1 Å². The molecule has 0 unspecified atom stereocenters. The fourth-order valence-electron chi connectivity index (χ4n) is 1.75. The zero-order valence-corrected chi connectivity index (χ0v) is 9.54. The second kappa shape index (κ2) is 4.09. The zero-order valence-electron chi connectivity index (χ0n) is 9.54. The second-order valence-corrected chi connectivity index (χ2v) is 3.78. The Bertz CT molecular complexity index is 775. The molecule has 0 aliphatic carbocycles. The molecule has 0 saturated heterocycles. The van der Waals surface area contributed by atoms with Crippen LogP contribution in [0.3, 0.4) is 0 Å². The van der Waals surface area contributed by atoms with E-state index >= 15 is 0 Å². The average Bonchev–Trinajstić information content (AvgIpc) is 2.28. The lowest BCUT2D eigenvalue weighted by atomic mass is 10.1. The van der Waals surface area contributed by atoms with Crippen LogP contribution >= 0.6 is 0 Å². The van der Waals surface area contributed by atoms with Gasteiger partial charge in [0.15, 0.2) is 5.43 Å². The summed E-state index contributed by atoms with van der Waals surface area (Å²) in [5.41, 5.74) is -2.65. The van der Waals surface area contributed by atoms with Gasteiger partial charge >= 0.3 is 11.7 Å². The van der Waals surface area contributed by atoms with Gasteiger partial charge in [-0.25, -0.2) is 4.79 Å². The summed E-state index contributed by atoms with van der Waals surface area (Å²) in [4.78, 5) is 32.5. The van der Waals surface area contributed by atoms with E-state index in [0.29, 0.717) is 0 Å². The first-order valence-electron chi connectivity index (χ1n) is 5.01. The van der Waals surface area contributed by atoms with Gasteiger partial charge < -0.3 is 14.6 Å². The molecule has 2 N–H and O–H groups in total. The molecule has 0 aliphatic rings. The Kier molecular flexibility index (Phi) is 2.70. The number of carbonyl (C=O) groups is 1. The number of fused-ring (bicyclic) bond motifs is 1. The smallest absolute Gasteiger partial charge is 0.339 e. The summed E-state index contributed by atoms with van der Waals surface area (Å²) < 4.78 is 5.10. The van der Waals surface area contributed by atoms with Crippen molar-refractivity contribution in [1.82, 2.24) is 0 Å². The van der Waals surface area contributed by atoms with Gasteiger partial charge in [0.2, 0.25) is 5.75 Å². The van der Waals surface area contributed by atoms with Gasteiger partial charge in [0.1, 0.15) is 22.3 Å². The van der Waals surface area contributed by atoms with E-state index in [1.165, 1.54) is 6.92 Å². The molecular formula is C11H7NO7. The number of nitrogens with zero attached hydrogens (tertiary/aromatic N) is 1. The minimum atomic E-state index is -1.56. The molecule has 1 aromatic heterocycles. The Hall–Kier alpha value is -2.90. The van der Waals surface area contributed by atoms with E-state index < -0.39 is 38.7 Å². The molecule has 8 nitrogen and oxygen atoms in total. The van der Waals surface area contributed by atoms with Crippen LogP contribution in [0.5, 0.6) is 5.75 Å². The number of phenols is 1. The van der Waals surface area contributed by atoms with E-state index in [1.54, 1.807) is 0 Å². The van der Waals surface area contributed by atoms with Crippen LogP contribution in [0.25, 0.3) is 11.0 Å². The number of aromatic carboxylic acids is 1. The number of nitro benzene ring substituents is 1. The monoisotopic (exact) mass is 265 g/mol. The first kappa shape index (κ1) is 12.6. The zero-order chi connectivity index (χ0) is 14.3. The van der Waals surface area contributed by atoms with Gasteiger partial charge in [-0.05, 0) is 6.92 Å². The van der Waals surface area contributed by atoms with E-state index in [2.05, 4.69) is 0 Å². The number of hydrogen-bond donors (Lipinski definition) is 2. The summed E-state index contributed by atoms with van der Waals surface area (Å²) in [6, 6.07) is 1.91. The highest BCUT2D eigenvalue weighted by atomic mass is 16.6. The number of nitro groups is 1. The lowest BCUT2D eigenvalue weighted by Gasteiger charge is -2.04. The third-order valence-corrected chi connectivity index (χ3v) is 2.50. The quantitative estimate of drug-likeness (QED) is 0.619. The molecule has 0 spiro atoms. The van der Waals surface area contributed by atoms with E-state index in [1.807, 2.05) is 0 Å². The van der Waals surface area contributed by atoms with Crippen molar-refractivity contribution in [2.24, 2.45) is 0 Å². The summed E-state index contributed by atoms with van der Waals surface area (Å²) in [6.07, 6.45) is 0. The summed E-state index contributed by atoms with van der Waals surface area (Å²) in [7, 11) is 0. The normalized spacial score (nSPS) is 10.6. The van der Waals surface area contributed by atoms with Gasteiger partial charge in [-0.3, -0.25) is 14.9 Å². The fourth-order valence-corrected chi connectivity index (χ4v) is 1.75. The Morgan fingerprint density at radius 3 is 2.58 bits per heavy atom. The van der Waals surface area contributed by atoms with Gasteiger partial charge in [-0.2, -0.15) is 0 Å². The SMILES string of the molecule is Cc1cc(=O)c2c([N+](=O)[O-])c(O)c(C(=O)O)cc2o1. The van der Waals surface area contributed by atoms with Gasteiger partial charge in [0.25, 0.3) is 0 Å². The standard InChI is InChI=1S/C11H7NO7/c1-4-2-6(13)8-7(19-4)3-5(11(15)16)10(14)9(8)12(17)18/h2-3,14H,1H3,(H,15,16). The van der Waals surface area contributed by atoms with Crippen molar-refractivity contribution in [1.29, 1.82) is 0 Å². The van der Waals surface area contributed by atoms with Gasteiger partial charge in [-0.1, -0.05) is 0 Å². The minimum Gasteiger partial charge on any atom is -0.501 e. The molecule has 1 heterocycles. The highest BCUT2D eigenvalue weighted by molar-refractivity contribution is 6.01. The minimum absolute atomic E-state index is 0.175. The maximum absolute atomic E-state index is 11.7. The predicted octanol–water partition coefficient (Wildman–Crippen LogP) is 1.41. The molecule has 2 aromatic rings. The van der Waals surface area contributed by atoms with Crippen LogP contribution in [0.4, 0.5) is 5.69 Å². The molecule has 19 heavy (non-hydrogen) atoms. The number of rotatable bonds is 2. The van der Waals surface area contributed by atoms with E-state index in [-0.39, 0.29) is 11.3 Å². The van der Waals surface area contributed by atoms with E-state index in [4.69, 9.17) is 9.52 Å². The Labute approximate surface area is 104 Å². The summed E-state index contributed by atoms with van der Waals surface area (Å²) >= 11 is 0. The largest absolute Gasteiger partial charge is 0.501 e. The molecule has 1 aromatic carbocycles. The van der Waals surface area contributed by atoms with Crippen molar-refractivity contribution in [2.75, 3.05) is 0 Å². The highest BCUT2D eigenvalue weighted by Gasteiger charge is 2.28. The van der Waals surface area contributed by atoms with Crippen molar-refractivity contribution in [3.05, 3.63) is 43.8 Å². The summed E-state index contributed by atoms with van der Waals surface area (Å²) in [5.74, 6) is -2.46. The van der Waals surface area contributed by atoms with Crippen LogP contribution in [-0.4, -0.2) is 21.1 Å². The molecule has 8 heteroatoms. The number of aryl methyl sites for hydroxylation is 1. The summed E-state index contributed by atoms with van der Waals surface area (Å²) in [6.45, 7) is 1.44. The first-order chi connectivity index (χ1) is 8.82. The van der Waals surface area contributed by atoms with Crippen LogP contribution < -0.4 is 5.43 Å². The number of hydrogen-bond acceptors (Lipinski definition) is 6. The molecule has 0 amide bonds.